The van der Waals surface area contributed by atoms with Crippen LogP contribution in [0.2, 0.25) is 5.02 Å². The summed E-state index contributed by atoms with van der Waals surface area (Å²) in [6.07, 6.45) is 0. The molecule has 1 N–H and O–H groups in total. The Labute approximate surface area is 123 Å². The first-order valence-corrected chi connectivity index (χ1v) is 7.09. The third-order valence-electron chi connectivity index (χ3n) is 3.56. The molecule has 0 unspecified atom stereocenters. The van der Waals surface area contributed by atoms with Crippen LogP contribution in [0.4, 0.5) is 10.1 Å². The van der Waals surface area contributed by atoms with Gasteiger partial charge in [0, 0.05) is 31.9 Å². The predicted octanol–water partition coefficient (Wildman–Crippen LogP) is 3.59. The van der Waals surface area contributed by atoms with Gasteiger partial charge in [-0.05, 0) is 29.3 Å². The monoisotopic (exact) mass is 290 g/mol. The van der Waals surface area contributed by atoms with Crippen molar-refractivity contribution in [3.05, 3.63) is 64.4 Å². The minimum absolute atomic E-state index is 0.184. The molecule has 104 valence electrons. The molecule has 20 heavy (non-hydrogen) atoms. The zero-order chi connectivity index (χ0) is 13.9. The summed E-state index contributed by atoms with van der Waals surface area (Å²) in [5, 5.41) is 3.60. The Kier molecular flexibility index (Phi) is 3.90. The number of halogens is 2. The molecule has 2 aromatic rings. The van der Waals surface area contributed by atoms with Gasteiger partial charge >= 0.3 is 0 Å². The molecular formula is C16H16ClFN2. The quantitative estimate of drug-likeness (QED) is 0.909. The molecule has 0 radical (unpaired) electrons. The first-order valence-electron chi connectivity index (χ1n) is 6.71. The molecule has 4 heteroatoms. The van der Waals surface area contributed by atoms with Crippen molar-refractivity contribution in [2.75, 3.05) is 18.0 Å². The molecule has 3 rings (SSSR count). The number of para-hydroxylation sites is 1. The van der Waals surface area contributed by atoms with Crippen LogP contribution in [0.15, 0.2) is 42.5 Å². The van der Waals surface area contributed by atoms with Crippen LogP contribution >= 0.6 is 11.6 Å². The van der Waals surface area contributed by atoms with Crippen molar-refractivity contribution in [3.8, 4) is 0 Å². The minimum atomic E-state index is -0.367. The lowest BCUT2D eigenvalue weighted by atomic mass is 10.1. The van der Waals surface area contributed by atoms with E-state index in [1.54, 1.807) is 12.1 Å². The van der Waals surface area contributed by atoms with Crippen LogP contribution in [-0.4, -0.2) is 13.1 Å². The van der Waals surface area contributed by atoms with Crippen molar-refractivity contribution in [3.63, 3.8) is 0 Å². The van der Waals surface area contributed by atoms with E-state index in [1.807, 2.05) is 0 Å². The van der Waals surface area contributed by atoms with E-state index in [1.165, 1.54) is 17.3 Å². The van der Waals surface area contributed by atoms with E-state index in [0.717, 1.165) is 31.7 Å². The fraction of sp³-hybridized carbons (Fsp3) is 0.250. The molecule has 0 bridgehead atoms. The predicted molar refractivity (Wildman–Crippen MR) is 80.6 cm³/mol. The van der Waals surface area contributed by atoms with Crippen molar-refractivity contribution in [1.29, 1.82) is 0 Å². The molecule has 0 aliphatic carbocycles. The van der Waals surface area contributed by atoms with Gasteiger partial charge in [0.1, 0.15) is 5.82 Å². The zero-order valence-electron chi connectivity index (χ0n) is 11.1. The Morgan fingerprint density at radius 2 is 2.05 bits per heavy atom. The first-order chi connectivity index (χ1) is 9.74. The second-order valence-corrected chi connectivity index (χ2v) is 5.38. The average Bonchev–Trinajstić information content (AvgIpc) is 2.66. The lowest BCUT2D eigenvalue weighted by Crippen LogP contribution is -2.28. The van der Waals surface area contributed by atoms with E-state index in [2.05, 4.69) is 34.5 Å². The van der Waals surface area contributed by atoms with E-state index >= 15 is 0 Å². The summed E-state index contributed by atoms with van der Waals surface area (Å²) in [4.78, 5) is 2.30. The maximum absolute atomic E-state index is 13.2. The Balaban J connectivity index is 1.88. The molecule has 0 atom stereocenters. The van der Waals surface area contributed by atoms with Gasteiger partial charge in [0.15, 0.2) is 0 Å². The highest BCUT2D eigenvalue weighted by Gasteiger charge is 2.15. The van der Waals surface area contributed by atoms with E-state index in [4.69, 9.17) is 11.6 Å². The summed E-state index contributed by atoms with van der Waals surface area (Å²) in [6, 6.07) is 13.3. The number of anilines is 1. The van der Waals surface area contributed by atoms with Crippen molar-refractivity contribution in [1.82, 2.24) is 5.32 Å². The van der Waals surface area contributed by atoms with Gasteiger partial charge in [-0.15, -0.1) is 0 Å². The molecule has 2 nitrogen and oxygen atoms in total. The van der Waals surface area contributed by atoms with Crippen LogP contribution < -0.4 is 10.2 Å². The smallest absolute Gasteiger partial charge is 0.141 e. The molecule has 2 aromatic carbocycles. The van der Waals surface area contributed by atoms with Gasteiger partial charge in [0.2, 0.25) is 0 Å². The summed E-state index contributed by atoms with van der Waals surface area (Å²) < 4.78 is 13.2. The lowest BCUT2D eigenvalue weighted by Gasteiger charge is -2.24. The van der Waals surface area contributed by atoms with E-state index in [0.29, 0.717) is 0 Å². The summed E-state index contributed by atoms with van der Waals surface area (Å²) in [5.41, 5.74) is 3.55. The van der Waals surface area contributed by atoms with Gasteiger partial charge in [-0.3, -0.25) is 0 Å². The Morgan fingerprint density at radius 1 is 1.20 bits per heavy atom. The lowest BCUT2D eigenvalue weighted by molar-refractivity contribution is 0.627. The topological polar surface area (TPSA) is 15.3 Å². The van der Waals surface area contributed by atoms with Crippen LogP contribution in [0.5, 0.6) is 0 Å². The van der Waals surface area contributed by atoms with Crippen LogP contribution in [0.3, 0.4) is 0 Å². The number of nitrogens with zero attached hydrogens (tertiary/aromatic N) is 1. The van der Waals surface area contributed by atoms with E-state index < -0.39 is 0 Å². The number of rotatable bonds is 2. The van der Waals surface area contributed by atoms with Crippen LogP contribution in [0, 0.1) is 5.82 Å². The SMILES string of the molecule is Fc1ccc(CN2CCNCc3ccccc32)cc1Cl. The van der Waals surface area contributed by atoms with Crippen LogP contribution in [-0.2, 0) is 13.1 Å². The van der Waals surface area contributed by atoms with Crippen LogP contribution in [0.1, 0.15) is 11.1 Å². The Bertz CT molecular complexity index is 615. The highest BCUT2D eigenvalue weighted by Crippen LogP contribution is 2.25. The molecule has 0 saturated carbocycles. The summed E-state index contributed by atoms with van der Waals surface area (Å²) in [5.74, 6) is -0.367. The van der Waals surface area contributed by atoms with Gasteiger partial charge < -0.3 is 10.2 Å². The molecular weight excluding hydrogens is 275 g/mol. The van der Waals surface area contributed by atoms with E-state index in [-0.39, 0.29) is 10.8 Å². The highest BCUT2D eigenvalue weighted by atomic mass is 35.5. The second-order valence-electron chi connectivity index (χ2n) is 4.98. The second kappa shape index (κ2) is 5.81. The minimum Gasteiger partial charge on any atom is -0.366 e. The van der Waals surface area contributed by atoms with Crippen molar-refractivity contribution in [2.45, 2.75) is 13.1 Å². The largest absolute Gasteiger partial charge is 0.366 e. The number of hydrogen-bond donors (Lipinski definition) is 1. The van der Waals surface area contributed by atoms with Gasteiger partial charge in [-0.25, -0.2) is 4.39 Å². The number of benzene rings is 2. The third kappa shape index (κ3) is 2.79. The van der Waals surface area contributed by atoms with Crippen molar-refractivity contribution >= 4 is 17.3 Å². The first kappa shape index (κ1) is 13.4. The normalized spacial score (nSPS) is 14.8. The van der Waals surface area contributed by atoms with E-state index in [9.17, 15) is 4.39 Å². The van der Waals surface area contributed by atoms with Crippen molar-refractivity contribution < 1.29 is 4.39 Å². The molecule has 1 aliphatic heterocycles. The third-order valence-corrected chi connectivity index (χ3v) is 3.85. The fourth-order valence-corrected chi connectivity index (χ4v) is 2.75. The average molecular weight is 291 g/mol. The van der Waals surface area contributed by atoms with Crippen molar-refractivity contribution in [2.24, 2.45) is 0 Å². The number of nitrogens with one attached hydrogen (secondary N) is 1. The standard InChI is InChI=1S/C16H16ClFN2/c17-14-9-12(5-6-15(14)18)11-20-8-7-19-10-13-3-1-2-4-16(13)20/h1-6,9,19H,7-8,10-11H2. The molecule has 1 aliphatic rings. The maximum atomic E-state index is 13.2. The Morgan fingerprint density at radius 3 is 2.90 bits per heavy atom. The van der Waals surface area contributed by atoms with Gasteiger partial charge in [-0.1, -0.05) is 35.9 Å². The molecule has 0 aromatic heterocycles. The van der Waals surface area contributed by atoms with Crippen LogP contribution in [0.25, 0.3) is 0 Å². The molecule has 1 heterocycles. The summed E-state index contributed by atoms with van der Waals surface area (Å²) in [6.45, 7) is 3.48. The Hall–Kier alpha value is -1.58. The molecule has 0 amide bonds. The van der Waals surface area contributed by atoms with Gasteiger partial charge in [-0.2, -0.15) is 0 Å². The highest BCUT2D eigenvalue weighted by molar-refractivity contribution is 6.30. The summed E-state index contributed by atoms with van der Waals surface area (Å²) in [7, 11) is 0. The zero-order valence-corrected chi connectivity index (χ0v) is 11.8. The summed E-state index contributed by atoms with van der Waals surface area (Å²) >= 11 is 5.86. The van der Waals surface area contributed by atoms with Gasteiger partial charge in [0.05, 0.1) is 5.02 Å². The molecule has 0 spiro atoms. The van der Waals surface area contributed by atoms with Gasteiger partial charge in [0.25, 0.3) is 0 Å². The fourth-order valence-electron chi connectivity index (χ4n) is 2.55. The number of hydrogen-bond acceptors (Lipinski definition) is 2. The molecule has 0 fully saturated rings. The molecule has 0 saturated heterocycles. The number of fused-ring (bicyclic) bond motifs is 1. The maximum Gasteiger partial charge on any atom is 0.141 e.